The summed E-state index contributed by atoms with van der Waals surface area (Å²) in [6.07, 6.45) is 6.85. The number of carbonyl (C=O) groups is 1. The number of hydrogen-bond donors (Lipinski definition) is 0. The Kier molecular flexibility index (Phi) is 3.48. The molecule has 3 nitrogen and oxygen atoms in total. The second-order valence-corrected chi connectivity index (χ2v) is 7.47. The largest absolute Gasteiger partial charge is 0.314 e. The number of hydrogen-bond acceptors (Lipinski definition) is 2. The molecule has 1 saturated carbocycles. The van der Waals surface area contributed by atoms with Crippen LogP contribution < -0.4 is 0 Å². The van der Waals surface area contributed by atoms with Crippen LogP contribution in [-0.2, 0) is 0 Å². The molecule has 0 spiro atoms. The summed E-state index contributed by atoms with van der Waals surface area (Å²) in [5.74, 6) is 0.756. The Bertz CT molecular complexity index is 577. The molecule has 0 radical (unpaired) electrons. The van der Waals surface area contributed by atoms with Gasteiger partial charge in [0.15, 0.2) is 0 Å². The third-order valence-electron chi connectivity index (χ3n) is 5.85. The van der Waals surface area contributed by atoms with Crippen molar-refractivity contribution >= 4 is 5.91 Å². The Hall–Kier alpha value is -1.35. The first-order valence-corrected chi connectivity index (χ1v) is 8.86. The van der Waals surface area contributed by atoms with E-state index in [1.54, 1.807) is 0 Å². The van der Waals surface area contributed by atoms with Gasteiger partial charge in [-0.2, -0.15) is 0 Å². The van der Waals surface area contributed by atoms with E-state index in [0.29, 0.717) is 18.0 Å². The molecule has 2 atom stereocenters. The molecule has 3 heteroatoms. The SMILES string of the molecule is CC(C)[C@H]1CN(C2CCCCC2)[C@@H]2c3ccccc3C(=O)N12. The fourth-order valence-corrected chi connectivity index (χ4v) is 4.68. The monoisotopic (exact) mass is 298 g/mol. The molecule has 0 N–H and O–H groups in total. The topological polar surface area (TPSA) is 23.6 Å². The van der Waals surface area contributed by atoms with Gasteiger partial charge in [0.1, 0.15) is 6.17 Å². The van der Waals surface area contributed by atoms with Crippen LogP contribution in [0.3, 0.4) is 0 Å². The Balaban J connectivity index is 1.73. The van der Waals surface area contributed by atoms with Crippen LogP contribution in [0.25, 0.3) is 0 Å². The van der Waals surface area contributed by atoms with Crippen LogP contribution in [0.2, 0.25) is 0 Å². The molecule has 1 aliphatic carbocycles. The van der Waals surface area contributed by atoms with E-state index in [2.05, 4.69) is 35.8 Å². The molecule has 3 aliphatic rings. The predicted octanol–water partition coefficient (Wildman–Crippen LogP) is 3.81. The number of rotatable bonds is 2. The minimum absolute atomic E-state index is 0.194. The highest BCUT2D eigenvalue weighted by molar-refractivity contribution is 5.99. The molecule has 22 heavy (non-hydrogen) atoms. The van der Waals surface area contributed by atoms with Gasteiger partial charge in [0, 0.05) is 29.8 Å². The molecule has 2 fully saturated rings. The molecule has 0 aromatic heterocycles. The summed E-state index contributed by atoms with van der Waals surface area (Å²) in [5.41, 5.74) is 2.17. The predicted molar refractivity (Wildman–Crippen MR) is 87.6 cm³/mol. The Morgan fingerprint density at radius 2 is 1.82 bits per heavy atom. The molecule has 1 saturated heterocycles. The number of carbonyl (C=O) groups excluding carboxylic acids is 1. The van der Waals surface area contributed by atoms with Crippen molar-refractivity contribution in [2.45, 2.75) is 64.2 Å². The van der Waals surface area contributed by atoms with Crippen molar-refractivity contribution < 1.29 is 4.79 Å². The molecular formula is C19H26N2O. The normalized spacial score (nSPS) is 29.2. The Labute approximate surface area is 133 Å². The summed E-state index contributed by atoms with van der Waals surface area (Å²) in [5, 5.41) is 0. The van der Waals surface area contributed by atoms with Crippen LogP contribution >= 0.6 is 0 Å². The van der Waals surface area contributed by atoms with Gasteiger partial charge in [-0.1, -0.05) is 51.3 Å². The zero-order valence-electron chi connectivity index (χ0n) is 13.7. The highest BCUT2D eigenvalue weighted by atomic mass is 16.2. The zero-order valence-corrected chi connectivity index (χ0v) is 13.7. The molecule has 2 heterocycles. The van der Waals surface area contributed by atoms with E-state index in [0.717, 1.165) is 12.1 Å². The van der Waals surface area contributed by atoms with Crippen molar-refractivity contribution in [3.05, 3.63) is 35.4 Å². The highest BCUT2D eigenvalue weighted by Crippen LogP contribution is 2.46. The first kappa shape index (κ1) is 14.3. The van der Waals surface area contributed by atoms with Crippen LogP contribution in [0, 0.1) is 5.92 Å². The molecule has 1 aromatic rings. The summed E-state index contributed by atoms with van der Waals surface area (Å²) in [6, 6.07) is 9.25. The molecule has 4 rings (SSSR count). The Morgan fingerprint density at radius 3 is 2.55 bits per heavy atom. The summed E-state index contributed by atoms with van der Waals surface area (Å²) < 4.78 is 0. The van der Waals surface area contributed by atoms with Crippen molar-refractivity contribution in [2.24, 2.45) is 5.92 Å². The molecule has 0 bridgehead atoms. The number of benzene rings is 1. The van der Waals surface area contributed by atoms with E-state index in [-0.39, 0.29) is 12.1 Å². The maximum absolute atomic E-state index is 12.9. The quantitative estimate of drug-likeness (QED) is 0.829. The Morgan fingerprint density at radius 1 is 1.09 bits per heavy atom. The second kappa shape index (κ2) is 5.38. The zero-order chi connectivity index (χ0) is 15.3. The van der Waals surface area contributed by atoms with Crippen LogP contribution in [0.4, 0.5) is 0 Å². The lowest BCUT2D eigenvalue weighted by Crippen LogP contribution is -2.37. The smallest absolute Gasteiger partial charge is 0.256 e. The van der Waals surface area contributed by atoms with Crippen molar-refractivity contribution in [1.29, 1.82) is 0 Å². The van der Waals surface area contributed by atoms with E-state index >= 15 is 0 Å². The lowest BCUT2D eigenvalue weighted by atomic mass is 9.93. The first-order chi connectivity index (χ1) is 10.7. The third kappa shape index (κ3) is 2.02. The number of amides is 1. The lowest BCUT2D eigenvalue weighted by molar-refractivity contribution is 0.0531. The van der Waals surface area contributed by atoms with E-state index in [1.165, 1.54) is 37.7 Å². The first-order valence-electron chi connectivity index (χ1n) is 8.86. The van der Waals surface area contributed by atoms with Crippen LogP contribution in [0.15, 0.2) is 24.3 Å². The summed E-state index contributed by atoms with van der Waals surface area (Å²) in [4.78, 5) is 17.8. The number of nitrogens with zero attached hydrogens (tertiary/aromatic N) is 2. The van der Waals surface area contributed by atoms with Gasteiger partial charge in [-0.05, 0) is 24.8 Å². The number of fused-ring (bicyclic) bond motifs is 3. The van der Waals surface area contributed by atoms with Crippen molar-refractivity contribution in [2.75, 3.05) is 6.54 Å². The van der Waals surface area contributed by atoms with Gasteiger partial charge >= 0.3 is 0 Å². The average Bonchev–Trinajstić information content (AvgIpc) is 3.07. The molecule has 1 aromatic carbocycles. The van der Waals surface area contributed by atoms with Crippen LogP contribution in [-0.4, -0.2) is 34.3 Å². The summed E-state index contributed by atoms with van der Waals surface area (Å²) >= 11 is 0. The molecule has 2 aliphatic heterocycles. The minimum Gasteiger partial charge on any atom is -0.314 e. The van der Waals surface area contributed by atoms with Gasteiger partial charge in [-0.3, -0.25) is 9.69 Å². The molecule has 0 unspecified atom stereocenters. The third-order valence-corrected chi connectivity index (χ3v) is 5.85. The minimum atomic E-state index is 0.194. The fourth-order valence-electron chi connectivity index (χ4n) is 4.68. The lowest BCUT2D eigenvalue weighted by Gasteiger charge is -2.35. The van der Waals surface area contributed by atoms with E-state index in [1.807, 2.05) is 12.1 Å². The highest BCUT2D eigenvalue weighted by Gasteiger charge is 2.51. The maximum atomic E-state index is 12.9. The van der Waals surface area contributed by atoms with E-state index in [4.69, 9.17) is 0 Å². The van der Waals surface area contributed by atoms with Crippen molar-refractivity contribution in [3.63, 3.8) is 0 Å². The van der Waals surface area contributed by atoms with E-state index < -0.39 is 0 Å². The van der Waals surface area contributed by atoms with E-state index in [9.17, 15) is 4.79 Å². The standard InChI is InChI=1S/C19H26N2O/c1-13(2)17-12-20(14-8-4-3-5-9-14)18-15-10-6-7-11-16(15)19(22)21(17)18/h6-7,10-11,13-14,17-18H,3-5,8-9,12H2,1-2H3/t17-,18+/m1/s1. The van der Waals surface area contributed by atoms with Gasteiger partial charge in [-0.15, -0.1) is 0 Å². The van der Waals surface area contributed by atoms with Gasteiger partial charge in [0.05, 0.1) is 0 Å². The second-order valence-electron chi connectivity index (χ2n) is 7.47. The summed E-state index contributed by atoms with van der Waals surface area (Å²) in [7, 11) is 0. The van der Waals surface area contributed by atoms with Gasteiger partial charge in [0.2, 0.25) is 0 Å². The molecule has 1 amide bonds. The van der Waals surface area contributed by atoms with Crippen LogP contribution in [0.5, 0.6) is 0 Å². The summed E-state index contributed by atoms with van der Waals surface area (Å²) in [6.45, 7) is 5.55. The maximum Gasteiger partial charge on any atom is 0.256 e. The molecule has 118 valence electrons. The van der Waals surface area contributed by atoms with Crippen LogP contribution in [0.1, 0.15) is 68.0 Å². The average molecular weight is 298 g/mol. The van der Waals surface area contributed by atoms with Gasteiger partial charge in [-0.25, -0.2) is 0 Å². The fraction of sp³-hybridized carbons (Fsp3) is 0.632. The van der Waals surface area contributed by atoms with Crippen molar-refractivity contribution in [1.82, 2.24) is 9.80 Å². The van der Waals surface area contributed by atoms with Gasteiger partial charge < -0.3 is 4.90 Å². The van der Waals surface area contributed by atoms with Crippen molar-refractivity contribution in [3.8, 4) is 0 Å². The van der Waals surface area contributed by atoms with Gasteiger partial charge in [0.25, 0.3) is 5.91 Å². The molecular weight excluding hydrogens is 272 g/mol.